The fourth-order valence-electron chi connectivity index (χ4n) is 3.63. The van der Waals surface area contributed by atoms with Gasteiger partial charge in [0, 0.05) is 53.8 Å². The number of halogens is 3. The number of ether oxygens (including phenoxy) is 1. The molecule has 1 aliphatic heterocycles. The Kier molecular flexibility index (Phi) is 6.91. The highest BCUT2D eigenvalue weighted by Crippen LogP contribution is 2.34. The lowest BCUT2D eigenvalue weighted by atomic mass is 9.84. The number of hydrogen-bond acceptors (Lipinski definition) is 3. The highest BCUT2D eigenvalue weighted by molar-refractivity contribution is 9.10. The van der Waals surface area contributed by atoms with Crippen LogP contribution in [0.1, 0.15) is 24.8 Å². The lowest BCUT2D eigenvalue weighted by Crippen LogP contribution is -2.53. The fraction of sp³-hybridized carbons (Fsp3) is 0.333. The molecule has 1 saturated heterocycles. The molecule has 1 fully saturated rings. The summed E-state index contributed by atoms with van der Waals surface area (Å²) >= 11 is 3.32. The zero-order chi connectivity index (χ0) is 21.8. The van der Waals surface area contributed by atoms with Crippen LogP contribution in [0.4, 0.5) is 19.3 Å². The van der Waals surface area contributed by atoms with E-state index in [9.17, 15) is 18.4 Å². The molecule has 0 radical (unpaired) electrons. The summed E-state index contributed by atoms with van der Waals surface area (Å²) in [7, 11) is 1.33. The predicted molar refractivity (Wildman–Crippen MR) is 113 cm³/mol. The lowest BCUT2D eigenvalue weighted by Gasteiger charge is -2.39. The summed E-state index contributed by atoms with van der Waals surface area (Å²) in [6.07, 6.45) is 0.309. The van der Waals surface area contributed by atoms with Crippen molar-refractivity contribution in [2.45, 2.75) is 25.3 Å². The molecular weight excluding hydrogens is 460 g/mol. The quantitative estimate of drug-likeness (QED) is 0.685. The van der Waals surface area contributed by atoms with E-state index in [0.717, 1.165) is 16.6 Å². The molecule has 0 aliphatic carbocycles. The number of likely N-dealkylation sites (tertiary alicyclic amines) is 1. The number of benzene rings is 2. The first kappa shape index (κ1) is 22.0. The van der Waals surface area contributed by atoms with Crippen molar-refractivity contribution in [3.8, 4) is 5.75 Å². The van der Waals surface area contributed by atoms with Crippen molar-refractivity contribution in [1.29, 1.82) is 0 Å². The predicted octanol–water partition coefficient (Wildman–Crippen LogP) is 4.26. The molecule has 160 valence electrons. The molecule has 0 unspecified atom stereocenters. The highest BCUT2D eigenvalue weighted by atomic mass is 79.9. The Morgan fingerprint density at radius 1 is 1.17 bits per heavy atom. The van der Waals surface area contributed by atoms with E-state index in [2.05, 4.69) is 26.6 Å². The third-order valence-corrected chi connectivity index (χ3v) is 5.66. The van der Waals surface area contributed by atoms with Gasteiger partial charge >= 0.3 is 6.03 Å². The maximum Gasteiger partial charge on any atom is 0.319 e. The van der Waals surface area contributed by atoms with Crippen molar-refractivity contribution in [2.75, 3.05) is 25.5 Å². The summed E-state index contributed by atoms with van der Waals surface area (Å²) in [6, 6.07) is 8.03. The molecule has 0 bridgehead atoms. The van der Waals surface area contributed by atoms with Crippen LogP contribution in [0.2, 0.25) is 0 Å². The second kappa shape index (κ2) is 9.42. The lowest BCUT2D eigenvalue weighted by molar-refractivity contribution is -0.130. The molecule has 30 heavy (non-hydrogen) atoms. The molecule has 0 saturated carbocycles. The van der Waals surface area contributed by atoms with E-state index < -0.39 is 29.6 Å². The van der Waals surface area contributed by atoms with Crippen LogP contribution in [0.5, 0.6) is 5.75 Å². The van der Waals surface area contributed by atoms with Crippen LogP contribution >= 0.6 is 15.9 Å². The van der Waals surface area contributed by atoms with Crippen molar-refractivity contribution in [2.24, 2.45) is 0 Å². The molecule has 2 atom stereocenters. The molecular formula is C21H22BrF2N3O3. The van der Waals surface area contributed by atoms with Crippen LogP contribution in [0, 0.1) is 11.6 Å². The zero-order valence-electron chi connectivity index (χ0n) is 16.5. The molecule has 2 aromatic carbocycles. The molecule has 1 heterocycles. The maximum absolute atomic E-state index is 14.7. The Bertz CT molecular complexity index is 917. The van der Waals surface area contributed by atoms with Crippen molar-refractivity contribution in [1.82, 2.24) is 10.2 Å². The molecule has 3 amide bonds. The summed E-state index contributed by atoms with van der Waals surface area (Å²) in [5, 5.41) is 5.48. The summed E-state index contributed by atoms with van der Waals surface area (Å²) in [6.45, 7) is 1.92. The Morgan fingerprint density at radius 2 is 1.80 bits per heavy atom. The Balaban J connectivity index is 1.84. The van der Waals surface area contributed by atoms with E-state index in [0.29, 0.717) is 18.7 Å². The van der Waals surface area contributed by atoms with Crippen LogP contribution in [0.25, 0.3) is 0 Å². The van der Waals surface area contributed by atoms with Gasteiger partial charge in [0.2, 0.25) is 5.91 Å². The number of methoxy groups -OCH3 is 1. The average Bonchev–Trinajstić information content (AvgIpc) is 2.70. The van der Waals surface area contributed by atoms with Crippen LogP contribution in [0.3, 0.4) is 0 Å². The summed E-state index contributed by atoms with van der Waals surface area (Å²) in [4.78, 5) is 25.9. The Hall–Kier alpha value is -2.68. The largest absolute Gasteiger partial charge is 0.497 e. The SMILES string of the molecule is COc1cc(F)c([C@@H]2CCN(C(C)=O)C[C@H]2NC(=O)Nc2ccc(Br)cc2)c(F)c1. The smallest absolute Gasteiger partial charge is 0.319 e. The second-order valence-corrected chi connectivity index (χ2v) is 7.99. The number of carbonyl (C=O) groups excluding carboxylic acids is 2. The van der Waals surface area contributed by atoms with Gasteiger partial charge in [-0.15, -0.1) is 0 Å². The van der Waals surface area contributed by atoms with Crippen LogP contribution < -0.4 is 15.4 Å². The van der Waals surface area contributed by atoms with Gasteiger partial charge in [0.1, 0.15) is 17.4 Å². The van der Waals surface area contributed by atoms with Crippen molar-refractivity contribution in [3.05, 3.63) is 58.1 Å². The van der Waals surface area contributed by atoms with Crippen molar-refractivity contribution < 1.29 is 23.1 Å². The molecule has 2 aromatic rings. The molecule has 0 aromatic heterocycles. The van der Waals surface area contributed by atoms with Gasteiger partial charge in [0.15, 0.2) is 0 Å². The van der Waals surface area contributed by atoms with E-state index in [4.69, 9.17) is 4.74 Å². The molecule has 9 heteroatoms. The molecule has 6 nitrogen and oxygen atoms in total. The average molecular weight is 482 g/mol. The first-order chi connectivity index (χ1) is 14.3. The number of carbonyl (C=O) groups is 2. The summed E-state index contributed by atoms with van der Waals surface area (Å²) in [5.74, 6) is -2.21. The zero-order valence-corrected chi connectivity index (χ0v) is 18.1. The second-order valence-electron chi connectivity index (χ2n) is 7.08. The normalized spacial score (nSPS) is 18.6. The van der Waals surface area contributed by atoms with Gasteiger partial charge in [-0.1, -0.05) is 15.9 Å². The molecule has 0 spiro atoms. The van der Waals surface area contributed by atoms with Crippen molar-refractivity contribution >= 4 is 33.6 Å². The van der Waals surface area contributed by atoms with E-state index in [1.54, 1.807) is 29.2 Å². The van der Waals surface area contributed by atoms with E-state index >= 15 is 0 Å². The molecule has 1 aliphatic rings. The minimum absolute atomic E-state index is 0.0763. The third-order valence-electron chi connectivity index (χ3n) is 5.14. The van der Waals surface area contributed by atoms with Gasteiger partial charge in [0.25, 0.3) is 0 Å². The summed E-state index contributed by atoms with van der Waals surface area (Å²) in [5.41, 5.74) is 0.446. The van der Waals surface area contributed by atoms with Gasteiger partial charge in [-0.05, 0) is 30.7 Å². The maximum atomic E-state index is 14.7. The number of urea groups is 1. The topological polar surface area (TPSA) is 70.7 Å². The van der Waals surface area contributed by atoms with Crippen LogP contribution in [-0.2, 0) is 4.79 Å². The third kappa shape index (κ3) is 5.08. The fourth-order valence-corrected chi connectivity index (χ4v) is 3.90. The number of anilines is 1. The van der Waals surface area contributed by atoms with E-state index in [1.165, 1.54) is 14.0 Å². The van der Waals surface area contributed by atoms with Gasteiger partial charge < -0.3 is 20.3 Å². The number of nitrogens with zero attached hydrogens (tertiary/aromatic N) is 1. The molecule has 3 rings (SSSR count). The minimum atomic E-state index is -0.742. The van der Waals surface area contributed by atoms with Crippen molar-refractivity contribution in [3.63, 3.8) is 0 Å². The number of hydrogen-bond donors (Lipinski definition) is 2. The molecule has 2 N–H and O–H groups in total. The number of amides is 3. The van der Waals surface area contributed by atoms with Gasteiger partial charge in [-0.3, -0.25) is 4.79 Å². The minimum Gasteiger partial charge on any atom is -0.497 e. The van der Waals surface area contributed by atoms with E-state index in [1.807, 2.05) is 0 Å². The standard InChI is InChI=1S/C21H22BrF2N3O3/c1-12(28)27-8-7-16(20-17(23)9-15(30-2)10-18(20)24)19(11-27)26-21(29)25-14-5-3-13(22)4-6-14/h3-6,9-10,16,19H,7-8,11H2,1-2H3,(H2,25,26,29)/t16-,19-/m1/s1. The van der Waals surface area contributed by atoms with E-state index in [-0.39, 0.29) is 23.8 Å². The Morgan fingerprint density at radius 3 is 2.37 bits per heavy atom. The Labute approximate surface area is 181 Å². The number of nitrogens with one attached hydrogen (secondary N) is 2. The van der Waals surface area contributed by atoms with Crippen LogP contribution in [0.15, 0.2) is 40.9 Å². The first-order valence-electron chi connectivity index (χ1n) is 9.40. The van der Waals surface area contributed by atoms with Gasteiger partial charge in [-0.25, -0.2) is 13.6 Å². The van der Waals surface area contributed by atoms with Crippen LogP contribution in [-0.4, -0.2) is 43.1 Å². The number of rotatable bonds is 4. The highest BCUT2D eigenvalue weighted by Gasteiger charge is 2.36. The monoisotopic (exact) mass is 481 g/mol. The first-order valence-corrected chi connectivity index (χ1v) is 10.2. The summed E-state index contributed by atoms with van der Waals surface area (Å²) < 4.78 is 35.2. The van der Waals surface area contributed by atoms with Gasteiger partial charge in [0.05, 0.1) is 13.2 Å². The van der Waals surface area contributed by atoms with Gasteiger partial charge in [-0.2, -0.15) is 0 Å². The number of piperidine rings is 1.